The van der Waals surface area contributed by atoms with Crippen LogP contribution in [0.4, 0.5) is 23.4 Å². The van der Waals surface area contributed by atoms with Crippen molar-refractivity contribution < 1.29 is 0 Å². The van der Waals surface area contributed by atoms with E-state index < -0.39 is 0 Å². The maximum absolute atomic E-state index is 6.26. The van der Waals surface area contributed by atoms with Crippen molar-refractivity contribution in [1.29, 1.82) is 0 Å². The zero-order chi connectivity index (χ0) is 24.1. The molecule has 0 unspecified atom stereocenters. The van der Waals surface area contributed by atoms with Gasteiger partial charge < -0.3 is 16.4 Å². The van der Waals surface area contributed by atoms with E-state index in [0.29, 0.717) is 34.3 Å². The fourth-order valence-electron chi connectivity index (χ4n) is 4.28. The number of H-pyrrole nitrogens is 1. The molecule has 0 aromatic carbocycles. The molecule has 1 aliphatic heterocycles. The Bertz CT molecular complexity index is 1150. The summed E-state index contributed by atoms with van der Waals surface area (Å²) in [5, 5.41) is 13.7. The molecule has 1 fully saturated rings. The van der Waals surface area contributed by atoms with Crippen molar-refractivity contribution >= 4 is 35.0 Å². The molecule has 3 aromatic heterocycles. The lowest BCUT2D eigenvalue weighted by atomic mass is 9.88. The zero-order valence-electron chi connectivity index (χ0n) is 19.9. The summed E-state index contributed by atoms with van der Waals surface area (Å²) in [5.41, 5.74) is 10.5. The van der Waals surface area contributed by atoms with Crippen LogP contribution in [0.15, 0.2) is 36.3 Å². The maximum atomic E-state index is 6.26. The van der Waals surface area contributed by atoms with Gasteiger partial charge in [-0.2, -0.15) is 10.1 Å². The van der Waals surface area contributed by atoms with Gasteiger partial charge in [-0.15, -0.1) is 0 Å². The number of aryl methyl sites for hydroxylation is 2. The number of piperidine rings is 1. The van der Waals surface area contributed by atoms with Crippen molar-refractivity contribution in [2.45, 2.75) is 46.0 Å². The molecule has 5 N–H and O–H groups in total. The summed E-state index contributed by atoms with van der Waals surface area (Å²) < 4.78 is 0. The van der Waals surface area contributed by atoms with E-state index in [0.717, 1.165) is 50.3 Å². The van der Waals surface area contributed by atoms with Crippen molar-refractivity contribution in [3.8, 4) is 0 Å². The first kappa shape index (κ1) is 24.0. The Morgan fingerprint density at radius 1 is 1.18 bits per heavy atom. The fourth-order valence-corrected chi connectivity index (χ4v) is 4.42. The molecular formula is C24H32ClN9. The second kappa shape index (κ2) is 10.8. The standard InChI is InChI=1S/C24H32ClN9/c1-4-5-18(26)14-34-8-6-17(7-9-34)19-12-27-21(10-15(19)2)30-24-28-13-20(25)23(31-24)29-22-11-16(3)32-33-22/h5,10-13,17H,4,6-9,14,26H2,1-3H3,(H3,27,28,29,30,31,32,33)/b18-5+. The Hall–Kier alpha value is -3.17. The van der Waals surface area contributed by atoms with E-state index in [4.69, 9.17) is 17.3 Å². The normalized spacial score (nSPS) is 15.5. The number of pyridine rings is 1. The second-order valence-corrected chi connectivity index (χ2v) is 9.15. The maximum Gasteiger partial charge on any atom is 0.230 e. The Labute approximate surface area is 205 Å². The zero-order valence-corrected chi connectivity index (χ0v) is 20.7. The number of allylic oxidation sites excluding steroid dienone is 1. The van der Waals surface area contributed by atoms with Crippen molar-refractivity contribution in [2.24, 2.45) is 5.73 Å². The van der Waals surface area contributed by atoms with Crippen LogP contribution in [0.25, 0.3) is 0 Å². The second-order valence-electron chi connectivity index (χ2n) is 8.74. The molecule has 0 bridgehead atoms. The first-order chi connectivity index (χ1) is 16.4. The van der Waals surface area contributed by atoms with Crippen LogP contribution in [0.2, 0.25) is 5.02 Å². The molecule has 0 aliphatic carbocycles. The summed E-state index contributed by atoms with van der Waals surface area (Å²) in [5.74, 6) is 2.72. The number of likely N-dealkylation sites (tertiary alicyclic amines) is 1. The predicted molar refractivity (Wildman–Crippen MR) is 137 cm³/mol. The van der Waals surface area contributed by atoms with E-state index in [2.05, 4.69) is 60.6 Å². The fraction of sp³-hybridized carbons (Fsp3) is 0.417. The van der Waals surface area contributed by atoms with Crippen LogP contribution < -0.4 is 16.4 Å². The minimum absolute atomic E-state index is 0.406. The summed E-state index contributed by atoms with van der Waals surface area (Å²) in [6.07, 6.45) is 8.83. The van der Waals surface area contributed by atoms with Gasteiger partial charge in [0.25, 0.3) is 0 Å². The molecule has 180 valence electrons. The van der Waals surface area contributed by atoms with E-state index in [1.807, 2.05) is 25.3 Å². The molecule has 1 saturated heterocycles. The number of nitrogens with zero attached hydrogens (tertiary/aromatic N) is 5. The number of aromatic amines is 1. The molecule has 3 aromatic rings. The quantitative estimate of drug-likeness (QED) is 0.362. The number of nitrogens with two attached hydrogens (primary N) is 1. The molecule has 4 heterocycles. The largest absolute Gasteiger partial charge is 0.401 e. The highest BCUT2D eigenvalue weighted by Crippen LogP contribution is 2.31. The first-order valence-electron chi connectivity index (χ1n) is 11.6. The van der Waals surface area contributed by atoms with Gasteiger partial charge in [-0.05, 0) is 69.3 Å². The molecule has 0 spiro atoms. The highest BCUT2D eigenvalue weighted by molar-refractivity contribution is 6.32. The van der Waals surface area contributed by atoms with Crippen LogP contribution >= 0.6 is 11.6 Å². The summed E-state index contributed by atoms with van der Waals surface area (Å²) in [4.78, 5) is 15.8. The minimum atomic E-state index is 0.406. The van der Waals surface area contributed by atoms with Gasteiger partial charge in [0.15, 0.2) is 11.6 Å². The van der Waals surface area contributed by atoms with E-state index in [9.17, 15) is 0 Å². The van der Waals surface area contributed by atoms with Gasteiger partial charge >= 0.3 is 0 Å². The van der Waals surface area contributed by atoms with Crippen molar-refractivity contribution in [3.63, 3.8) is 0 Å². The van der Waals surface area contributed by atoms with Gasteiger partial charge in [0.05, 0.1) is 6.20 Å². The van der Waals surface area contributed by atoms with Gasteiger partial charge in [0.2, 0.25) is 5.95 Å². The van der Waals surface area contributed by atoms with E-state index in [1.54, 1.807) is 6.20 Å². The third kappa shape index (κ3) is 6.03. The third-order valence-corrected chi connectivity index (χ3v) is 6.26. The van der Waals surface area contributed by atoms with E-state index >= 15 is 0 Å². The van der Waals surface area contributed by atoms with Crippen molar-refractivity contribution in [2.75, 3.05) is 30.3 Å². The molecule has 34 heavy (non-hydrogen) atoms. The summed E-state index contributed by atoms with van der Waals surface area (Å²) in [7, 11) is 0. The first-order valence-corrected chi connectivity index (χ1v) is 12.0. The number of halogens is 1. The van der Waals surface area contributed by atoms with E-state index in [-0.39, 0.29) is 0 Å². The molecular weight excluding hydrogens is 450 g/mol. The number of nitrogens with one attached hydrogen (secondary N) is 3. The topological polar surface area (TPSA) is 121 Å². The molecule has 9 nitrogen and oxygen atoms in total. The van der Waals surface area contributed by atoms with Gasteiger partial charge in [-0.3, -0.25) is 10.00 Å². The molecule has 0 atom stereocenters. The van der Waals surface area contributed by atoms with Crippen LogP contribution in [0.3, 0.4) is 0 Å². The molecule has 1 aliphatic rings. The lowest BCUT2D eigenvalue weighted by molar-refractivity contribution is 0.227. The van der Waals surface area contributed by atoms with Crippen molar-refractivity contribution in [3.05, 3.63) is 58.1 Å². The van der Waals surface area contributed by atoms with E-state index in [1.165, 1.54) is 11.1 Å². The number of hydrogen-bond acceptors (Lipinski definition) is 8. The van der Waals surface area contributed by atoms with Gasteiger partial charge in [-0.1, -0.05) is 24.6 Å². The van der Waals surface area contributed by atoms with Crippen LogP contribution in [0.1, 0.15) is 48.9 Å². The highest BCUT2D eigenvalue weighted by Gasteiger charge is 2.22. The summed E-state index contributed by atoms with van der Waals surface area (Å²) >= 11 is 6.26. The molecule has 4 rings (SSSR count). The highest BCUT2D eigenvalue weighted by atomic mass is 35.5. The Morgan fingerprint density at radius 3 is 2.65 bits per heavy atom. The predicted octanol–water partition coefficient (Wildman–Crippen LogP) is 4.78. The monoisotopic (exact) mass is 481 g/mol. The van der Waals surface area contributed by atoms with Crippen LogP contribution in [0.5, 0.6) is 0 Å². The van der Waals surface area contributed by atoms with Crippen molar-refractivity contribution in [1.82, 2.24) is 30.0 Å². The Balaban J connectivity index is 1.39. The van der Waals surface area contributed by atoms with Crippen LogP contribution in [0, 0.1) is 13.8 Å². The number of hydrogen-bond donors (Lipinski definition) is 4. The van der Waals surface area contributed by atoms with Crippen LogP contribution in [-0.4, -0.2) is 49.7 Å². The Morgan fingerprint density at radius 2 is 1.97 bits per heavy atom. The SMILES string of the molecule is CC/C=C(/N)CN1CCC(c2cnc(Nc3ncc(Cl)c(Nc4cc(C)[nH]n4)n3)cc2C)CC1. The average molecular weight is 482 g/mol. The van der Waals surface area contributed by atoms with Crippen LogP contribution in [-0.2, 0) is 0 Å². The third-order valence-electron chi connectivity index (χ3n) is 5.99. The lowest BCUT2D eigenvalue weighted by Gasteiger charge is -2.32. The minimum Gasteiger partial charge on any atom is -0.401 e. The molecule has 0 amide bonds. The molecule has 0 saturated carbocycles. The number of rotatable bonds is 8. The lowest BCUT2D eigenvalue weighted by Crippen LogP contribution is -2.35. The average Bonchev–Trinajstić information content (AvgIpc) is 3.21. The summed E-state index contributed by atoms with van der Waals surface area (Å²) in [6.45, 7) is 9.13. The smallest absolute Gasteiger partial charge is 0.230 e. The Kier molecular flexibility index (Phi) is 7.64. The molecule has 10 heteroatoms. The number of anilines is 4. The van der Waals surface area contributed by atoms with Gasteiger partial charge in [-0.25, -0.2) is 9.97 Å². The molecule has 0 radical (unpaired) electrons. The number of aromatic nitrogens is 5. The van der Waals surface area contributed by atoms with Gasteiger partial charge in [0, 0.05) is 30.2 Å². The summed E-state index contributed by atoms with van der Waals surface area (Å²) in [6, 6.07) is 3.92. The van der Waals surface area contributed by atoms with Gasteiger partial charge in [0.1, 0.15) is 10.8 Å².